The van der Waals surface area contributed by atoms with Crippen molar-refractivity contribution >= 4 is 11.8 Å². The second-order valence-electron chi connectivity index (χ2n) is 6.15. The predicted octanol–water partition coefficient (Wildman–Crippen LogP) is 4.25. The van der Waals surface area contributed by atoms with Gasteiger partial charge in [-0.2, -0.15) is 18.2 Å². The minimum atomic E-state index is -4.52. The molecule has 0 spiro atoms. The molecular weight excluding hydrogens is 331 g/mol. The smallest absolute Gasteiger partial charge is 0.366 e. The van der Waals surface area contributed by atoms with Crippen molar-refractivity contribution < 1.29 is 13.2 Å². The second-order valence-corrected chi connectivity index (χ2v) is 6.15. The third kappa shape index (κ3) is 5.04. The van der Waals surface area contributed by atoms with Gasteiger partial charge in [-0.05, 0) is 24.5 Å². The van der Waals surface area contributed by atoms with Gasteiger partial charge in [0.2, 0.25) is 5.95 Å². The van der Waals surface area contributed by atoms with E-state index in [-0.39, 0.29) is 17.8 Å². The Labute approximate surface area is 144 Å². The maximum absolute atomic E-state index is 13.1. The topological polar surface area (TPSA) is 62.7 Å². The number of hydrogen-bond acceptors (Lipinski definition) is 5. The molecule has 1 aliphatic carbocycles. The average molecular weight is 351 g/mol. The third-order valence-electron chi connectivity index (χ3n) is 4.15. The first-order valence-corrected chi connectivity index (χ1v) is 8.36. The Balaban J connectivity index is 1.77. The molecule has 0 saturated heterocycles. The summed E-state index contributed by atoms with van der Waals surface area (Å²) >= 11 is 0. The standard InChI is InChI=1S/C17H20F3N5/c18-17(19,20)14-9-15(22-11-12-5-4-8-21-10-12)25-16(24-14)23-13-6-2-1-3-7-13/h4-5,8-10,13H,1-3,6-7,11H2,(H2,22,23,24,25). The maximum Gasteiger partial charge on any atom is 0.433 e. The van der Waals surface area contributed by atoms with E-state index < -0.39 is 11.9 Å². The molecule has 134 valence electrons. The fraction of sp³-hybridized carbons (Fsp3) is 0.471. The van der Waals surface area contributed by atoms with Crippen LogP contribution in [0.5, 0.6) is 0 Å². The summed E-state index contributed by atoms with van der Waals surface area (Å²) < 4.78 is 39.4. The molecule has 25 heavy (non-hydrogen) atoms. The van der Waals surface area contributed by atoms with Crippen LogP contribution in [0, 0.1) is 0 Å². The van der Waals surface area contributed by atoms with Gasteiger partial charge >= 0.3 is 6.18 Å². The zero-order chi connectivity index (χ0) is 17.7. The lowest BCUT2D eigenvalue weighted by Crippen LogP contribution is -2.24. The molecule has 1 aliphatic rings. The first-order chi connectivity index (χ1) is 12.0. The van der Waals surface area contributed by atoms with E-state index in [1.54, 1.807) is 18.5 Å². The van der Waals surface area contributed by atoms with E-state index in [9.17, 15) is 13.2 Å². The molecule has 5 nitrogen and oxygen atoms in total. The normalized spacial score (nSPS) is 15.8. The van der Waals surface area contributed by atoms with E-state index in [1.165, 1.54) is 6.42 Å². The van der Waals surface area contributed by atoms with E-state index in [0.717, 1.165) is 37.3 Å². The molecule has 0 radical (unpaired) electrons. The first-order valence-electron chi connectivity index (χ1n) is 8.36. The Morgan fingerprint density at radius 2 is 1.92 bits per heavy atom. The molecule has 0 amide bonds. The van der Waals surface area contributed by atoms with Crippen LogP contribution in [-0.4, -0.2) is 21.0 Å². The molecule has 0 atom stereocenters. The molecular formula is C17H20F3N5. The summed E-state index contributed by atoms with van der Waals surface area (Å²) in [5.41, 5.74) is -0.0917. The highest BCUT2D eigenvalue weighted by molar-refractivity contribution is 5.44. The molecule has 2 heterocycles. The highest BCUT2D eigenvalue weighted by Crippen LogP contribution is 2.30. The van der Waals surface area contributed by atoms with Gasteiger partial charge in [-0.25, -0.2) is 4.98 Å². The summed E-state index contributed by atoms with van der Waals surface area (Å²) in [6, 6.07) is 4.67. The van der Waals surface area contributed by atoms with Crippen LogP contribution in [-0.2, 0) is 12.7 Å². The van der Waals surface area contributed by atoms with E-state index in [0.29, 0.717) is 6.54 Å². The van der Waals surface area contributed by atoms with Crippen LogP contribution in [0.25, 0.3) is 0 Å². The van der Waals surface area contributed by atoms with Gasteiger partial charge in [0.05, 0.1) is 0 Å². The third-order valence-corrected chi connectivity index (χ3v) is 4.15. The van der Waals surface area contributed by atoms with Crippen molar-refractivity contribution in [3.8, 4) is 0 Å². The number of alkyl halides is 3. The van der Waals surface area contributed by atoms with Crippen LogP contribution in [0.3, 0.4) is 0 Å². The SMILES string of the molecule is FC(F)(F)c1cc(NCc2cccnc2)nc(NC2CCCCC2)n1. The van der Waals surface area contributed by atoms with Gasteiger partial charge < -0.3 is 10.6 Å². The van der Waals surface area contributed by atoms with Crippen molar-refractivity contribution in [3.05, 3.63) is 41.9 Å². The van der Waals surface area contributed by atoms with Crippen LogP contribution in [0.2, 0.25) is 0 Å². The Hall–Kier alpha value is -2.38. The van der Waals surface area contributed by atoms with E-state index in [4.69, 9.17) is 0 Å². The van der Waals surface area contributed by atoms with Gasteiger partial charge in [0.1, 0.15) is 5.82 Å². The fourth-order valence-corrected chi connectivity index (χ4v) is 2.87. The Kier molecular flexibility index (Phi) is 5.35. The Bertz CT molecular complexity index is 684. The maximum atomic E-state index is 13.1. The number of halogens is 3. The van der Waals surface area contributed by atoms with Crippen LogP contribution in [0.4, 0.5) is 24.9 Å². The molecule has 3 rings (SSSR count). The Morgan fingerprint density at radius 3 is 2.60 bits per heavy atom. The van der Waals surface area contributed by atoms with Crippen LogP contribution in [0.1, 0.15) is 43.4 Å². The molecule has 0 bridgehead atoms. The molecule has 0 aromatic carbocycles. The molecule has 8 heteroatoms. The van der Waals surface area contributed by atoms with E-state index >= 15 is 0 Å². The largest absolute Gasteiger partial charge is 0.433 e. The summed E-state index contributed by atoms with van der Waals surface area (Å²) in [6.45, 7) is 0.338. The van der Waals surface area contributed by atoms with Gasteiger partial charge in [0.15, 0.2) is 5.69 Å². The molecule has 2 aromatic rings. The minimum Gasteiger partial charge on any atom is -0.366 e. The van der Waals surface area contributed by atoms with Crippen molar-refractivity contribution in [2.24, 2.45) is 0 Å². The number of nitrogens with zero attached hydrogens (tertiary/aromatic N) is 3. The first kappa shape index (κ1) is 17.4. The number of aromatic nitrogens is 3. The minimum absolute atomic E-state index is 0.0235. The summed E-state index contributed by atoms with van der Waals surface area (Å²) in [4.78, 5) is 11.8. The number of hydrogen-bond donors (Lipinski definition) is 2. The number of anilines is 2. The summed E-state index contributed by atoms with van der Waals surface area (Å²) in [5, 5.41) is 5.98. The van der Waals surface area contributed by atoms with Crippen molar-refractivity contribution in [3.63, 3.8) is 0 Å². The van der Waals surface area contributed by atoms with Gasteiger partial charge in [-0.15, -0.1) is 0 Å². The second kappa shape index (κ2) is 7.67. The van der Waals surface area contributed by atoms with Crippen LogP contribution >= 0.6 is 0 Å². The van der Waals surface area contributed by atoms with Gasteiger partial charge in [0, 0.05) is 31.0 Å². The predicted molar refractivity (Wildman–Crippen MR) is 89.1 cm³/mol. The van der Waals surface area contributed by atoms with E-state index in [2.05, 4.69) is 25.6 Å². The molecule has 2 N–H and O–H groups in total. The monoisotopic (exact) mass is 351 g/mol. The van der Waals surface area contributed by atoms with Gasteiger partial charge in [0.25, 0.3) is 0 Å². The zero-order valence-electron chi connectivity index (χ0n) is 13.7. The van der Waals surface area contributed by atoms with Crippen LogP contribution < -0.4 is 10.6 Å². The van der Waals surface area contributed by atoms with Gasteiger partial charge in [-0.3, -0.25) is 4.98 Å². The van der Waals surface area contributed by atoms with Crippen LogP contribution in [0.15, 0.2) is 30.6 Å². The summed E-state index contributed by atoms with van der Waals surface area (Å²) in [6.07, 6.45) is 3.94. The van der Waals surface area contributed by atoms with E-state index in [1.807, 2.05) is 6.07 Å². The summed E-state index contributed by atoms with van der Waals surface area (Å²) in [5.74, 6) is 0.167. The highest BCUT2D eigenvalue weighted by Gasteiger charge is 2.34. The molecule has 0 aliphatic heterocycles. The van der Waals surface area contributed by atoms with Crippen molar-refractivity contribution in [1.29, 1.82) is 0 Å². The Morgan fingerprint density at radius 1 is 1.12 bits per heavy atom. The summed E-state index contributed by atoms with van der Waals surface area (Å²) in [7, 11) is 0. The number of pyridine rings is 1. The molecule has 1 saturated carbocycles. The van der Waals surface area contributed by atoms with Crippen molar-refractivity contribution in [2.75, 3.05) is 10.6 Å². The molecule has 1 fully saturated rings. The molecule has 2 aromatic heterocycles. The van der Waals surface area contributed by atoms with Gasteiger partial charge in [-0.1, -0.05) is 25.3 Å². The quantitative estimate of drug-likeness (QED) is 0.843. The zero-order valence-corrected chi connectivity index (χ0v) is 13.7. The molecule has 0 unspecified atom stereocenters. The number of nitrogens with one attached hydrogen (secondary N) is 2. The lowest BCUT2D eigenvalue weighted by atomic mass is 9.96. The van der Waals surface area contributed by atoms with Crippen molar-refractivity contribution in [1.82, 2.24) is 15.0 Å². The average Bonchev–Trinajstić information content (AvgIpc) is 2.61. The highest BCUT2D eigenvalue weighted by atomic mass is 19.4. The fourth-order valence-electron chi connectivity index (χ4n) is 2.87. The lowest BCUT2D eigenvalue weighted by molar-refractivity contribution is -0.141. The van der Waals surface area contributed by atoms with Crippen molar-refractivity contribution in [2.45, 2.75) is 50.9 Å². The lowest BCUT2D eigenvalue weighted by Gasteiger charge is -2.23. The number of rotatable bonds is 5.